The van der Waals surface area contributed by atoms with Gasteiger partial charge in [-0.1, -0.05) is 176 Å². The minimum Gasteiger partial charge on any atom is -0.480 e. The SMILES string of the molecule is CC/C=C\C[C@@H](O)/C=C/C=C\C=C\[C@@H](O)C/C=C\C/C=C\CCC(=O)OC[C@H](COP(=O)(O)OC[C@H](N)C(=O)O)OC(=O)CCCCCCCCCCC/C=C\CCCCCCCC. The molecule has 14 heteroatoms. The van der Waals surface area contributed by atoms with Crippen molar-refractivity contribution >= 4 is 25.7 Å². The van der Waals surface area contributed by atoms with E-state index >= 15 is 0 Å². The largest absolute Gasteiger partial charge is 0.480 e. The van der Waals surface area contributed by atoms with Crippen molar-refractivity contribution in [2.75, 3.05) is 19.8 Å². The Kier molecular flexibility index (Phi) is 41.1. The quantitative estimate of drug-likeness (QED) is 0.0127. The Balaban J connectivity index is 4.53. The van der Waals surface area contributed by atoms with Crippen LogP contribution in [0, 0.1) is 0 Å². The lowest BCUT2D eigenvalue weighted by Gasteiger charge is -2.20. The van der Waals surface area contributed by atoms with Crippen molar-refractivity contribution in [1.82, 2.24) is 0 Å². The summed E-state index contributed by atoms with van der Waals surface area (Å²) in [6.45, 7) is 2.43. The van der Waals surface area contributed by atoms with Gasteiger partial charge in [-0.3, -0.25) is 23.4 Å². The number of aliphatic hydroxyl groups is 2. The molecule has 0 saturated heterocycles. The van der Waals surface area contributed by atoms with Gasteiger partial charge in [0, 0.05) is 12.8 Å². The first-order valence-corrected chi connectivity index (χ1v) is 25.3. The Bertz CT molecular complexity index is 1440. The van der Waals surface area contributed by atoms with E-state index in [1.165, 1.54) is 70.6 Å². The highest BCUT2D eigenvalue weighted by Gasteiger charge is 2.28. The normalized spacial score (nSPS) is 15.3. The fourth-order valence-electron chi connectivity index (χ4n) is 6.02. The first-order valence-electron chi connectivity index (χ1n) is 23.8. The molecule has 0 aromatic rings. The number of unbranched alkanes of at least 4 members (excludes halogenated alkanes) is 15. The zero-order chi connectivity index (χ0) is 47.4. The van der Waals surface area contributed by atoms with Crippen LogP contribution in [0.5, 0.6) is 0 Å². The second-order valence-corrected chi connectivity index (χ2v) is 17.4. The highest BCUT2D eigenvalue weighted by Crippen LogP contribution is 2.43. The van der Waals surface area contributed by atoms with Gasteiger partial charge in [0.2, 0.25) is 0 Å². The van der Waals surface area contributed by atoms with Crippen molar-refractivity contribution in [3.8, 4) is 0 Å². The van der Waals surface area contributed by atoms with E-state index in [2.05, 4.69) is 23.6 Å². The fourth-order valence-corrected chi connectivity index (χ4v) is 6.80. The molecule has 1 unspecified atom stereocenters. The number of aliphatic hydroxyl groups excluding tert-OH is 2. The van der Waals surface area contributed by atoms with Gasteiger partial charge in [0.05, 0.1) is 25.4 Å². The Morgan fingerprint density at radius 3 is 1.64 bits per heavy atom. The summed E-state index contributed by atoms with van der Waals surface area (Å²) in [5.41, 5.74) is 5.33. The zero-order valence-electron chi connectivity index (χ0n) is 39.1. The molecule has 64 heavy (non-hydrogen) atoms. The van der Waals surface area contributed by atoms with Crippen molar-refractivity contribution < 1.29 is 57.7 Å². The number of carbonyl (C=O) groups excluding carboxylic acids is 2. The predicted molar refractivity (Wildman–Crippen MR) is 256 cm³/mol. The van der Waals surface area contributed by atoms with E-state index in [1.807, 2.05) is 43.4 Å². The van der Waals surface area contributed by atoms with E-state index in [9.17, 15) is 34.1 Å². The van der Waals surface area contributed by atoms with Crippen LogP contribution in [-0.2, 0) is 37.5 Å². The lowest BCUT2D eigenvalue weighted by atomic mass is 10.1. The minimum absolute atomic E-state index is 0.0359. The number of carboxylic acid groups (broad SMARTS) is 1. The van der Waals surface area contributed by atoms with Crippen LogP contribution in [-0.4, -0.2) is 82.3 Å². The number of esters is 2. The fraction of sp³-hybridized carbons (Fsp3) is 0.660. The van der Waals surface area contributed by atoms with Crippen molar-refractivity contribution in [2.24, 2.45) is 5.73 Å². The van der Waals surface area contributed by atoms with Crippen LogP contribution in [0.4, 0.5) is 0 Å². The lowest BCUT2D eigenvalue weighted by Crippen LogP contribution is -2.34. The number of rotatable bonds is 43. The first kappa shape index (κ1) is 60.6. The highest BCUT2D eigenvalue weighted by atomic mass is 31.2. The van der Waals surface area contributed by atoms with Crippen LogP contribution < -0.4 is 5.73 Å². The Hall–Kier alpha value is -3.42. The van der Waals surface area contributed by atoms with Gasteiger partial charge in [0.15, 0.2) is 6.10 Å². The number of hydrogen-bond donors (Lipinski definition) is 5. The Morgan fingerprint density at radius 1 is 0.578 bits per heavy atom. The van der Waals surface area contributed by atoms with E-state index < -0.39 is 69.9 Å². The lowest BCUT2D eigenvalue weighted by molar-refractivity contribution is -0.161. The molecule has 0 aliphatic rings. The van der Waals surface area contributed by atoms with Gasteiger partial charge in [0.25, 0.3) is 0 Å². The molecule has 0 heterocycles. The third-order valence-corrected chi connectivity index (χ3v) is 10.8. The van der Waals surface area contributed by atoms with Crippen LogP contribution in [0.25, 0.3) is 0 Å². The summed E-state index contributed by atoms with van der Waals surface area (Å²) < 4.78 is 32.6. The molecule has 0 saturated carbocycles. The maximum atomic E-state index is 12.7. The Morgan fingerprint density at radius 2 is 1.08 bits per heavy atom. The van der Waals surface area contributed by atoms with Gasteiger partial charge >= 0.3 is 25.7 Å². The van der Waals surface area contributed by atoms with Crippen LogP contribution >= 0.6 is 7.82 Å². The number of carboxylic acids is 1. The second-order valence-electron chi connectivity index (χ2n) is 15.9. The van der Waals surface area contributed by atoms with E-state index in [0.29, 0.717) is 32.1 Å². The second kappa shape index (κ2) is 43.5. The average molecular weight is 922 g/mol. The van der Waals surface area contributed by atoms with Crippen molar-refractivity contribution in [2.45, 2.75) is 192 Å². The molecule has 366 valence electrons. The molecule has 0 rings (SSSR count). The van der Waals surface area contributed by atoms with Gasteiger partial charge in [-0.25, -0.2) is 4.57 Å². The molecule has 0 aliphatic heterocycles. The number of allylic oxidation sites excluding steroid dienone is 10. The average Bonchev–Trinajstić information content (AvgIpc) is 3.26. The van der Waals surface area contributed by atoms with Crippen molar-refractivity contribution in [3.63, 3.8) is 0 Å². The number of hydrogen-bond acceptors (Lipinski definition) is 11. The smallest absolute Gasteiger partial charge is 0.472 e. The van der Waals surface area contributed by atoms with Crippen LogP contribution in [0.2, 0.25) is 0 Å². The van der Waals surface area contributed by atoms with Gasteiger partial charge in [-0.05, 0) is 64.2 Å². The number of nitrogens with two attached hydrogens (primary N) is 1. The standard InChI is InChI=1S/C50H84NO12P/c1-3-5-7-8-9-10-11-12-13-14-15-16-17-18-19-20-21-26-34-40-49(55)63-46(42-61-64(58,59)62-43-47(51)50(56)57)41-60-48(54)39-33-25-23-22-24-30-36-45(53)38-32-28-27-31-37-44(52)35-29-6-4-2/h6,12-13,23-25,27-32,37-38,44-47,52-53H,3-5,7-11,14-22,26,33-36,39-43,51H2,1-2H3,(H,56,57)(H,58,59)/b13-12-,25-23-,28-27-,29-6-,30-24-,37-31+,38-32+/t44-,45+,46-,47+/m1/s1. The van der Waals surface area contributed by atoms with Crippen molar-refractivity contribution in [3.05, 3.63) is 85.1 Å². The molecular weight excluding hydrogens is 838 g/mol. The molecule has 5 atom stereocenters. The number of phosphoric ester groups is 1. The highest BCUT2D eigenvalue weighted by molar-refractivity contribution is 7.47. The third kappa shape index (κ3) is 42.5. The van der Waals surface area contributed by atoms with Gasteiger partial charge in [-0.15, -0.1) is 0 Å². The number of phosphoric acid groups is 1. The van der Waals surface area contributed by atoms with E-state index in [0.717, 1.165) is 38.5 Å². The van der Waals surface area contributed by atoms with Crippen LogP contribution in [0.15, 0.2) is 85.1 Å². The molecule has 0 aromatic carbocycles. The number of carbonyl (C=O) groups is 3. The topological polar surface area (TPSA) is 212 Å². The minimum atomic E-state index is -4.77. The molecule has 0 spiro atoms. The molecule has 0 amide bonds. The maximum Gasteiger partial charge on any atom is 0.472 e. The van der Waals surface area contributed by atoms with Crippen molar-refractivity contribution in [1.29, 1.82) is 0 Å². The summed E-state index contributed by atoms with van der Waals surface area (Å²) >= 11 is 0. The maximum absolute atomic E-state index is 12.7. The third-order valence-electron chi connectivity index (χ3n) is 9.81. The van der Waals surface area contributed by atoms with E-state index in [4.69, 9.17) is 24.8 Å². The summed E-state index contributed by atoms with van der Waals surface area (Å²) in [7, 11) is -4.77. The molecule has 0 aliphatic carbocycles. The van der Waals surface area contributed by atoms with Crippen LogP contribution in [0.3, 0.4) is 0 Å². The van der Waals surface area contributed by atoms with Gasteiger partial charge in [0.1, 0.15) is 12.6 Å². The summed E-state index contributed by atoms with van der Waals surface area (Å²) in [4.78, 5) is 46.1. The predicted octanol–water partition coefficient (Wildman–Crippen LogP) is 11.0. The molecule has 0 fully saturated rings. The van der Waals surface area contributed by atoms with Crippen LogP contribution in [0.1, 0.15) is 168 Å². The number of ether oxygens (including phenoxy) is 2. The first-order chi connectivity index (χ1) is 30.9. The van der Waals surface area contributed by atoms with Gasteiger partial charge < -0.3 is 35.4 Å². The van der Waals surface area contributed by atoms with E-state index in [1.54, 1.807) is 36.5 Å². The monoisotopic (exact) mass is 922 g/mol. The van der Waals surface area contributed by atoms with E-state index in [-0.39, 0.29) is 12.8 Å². The summed E-state index contributed by atoms with van der Waals surface area (Å²) in [5, 5.41) is 28.9. The molecular formula is C50H84NO12P. The zero-order valence-corrected chi connectivity index (χ0v) is 40.0. The summed E-state index contributed by atoms with van der Waals surface area (Å²) in [5.74, 6) is -2.58. The molecule has 0 bridgehead atoms. The summed E-state index contributed by atoms with van der Waals surface area (Å²) in [6, 6.07) is -1.55. The molecule has 6 N–H and O–H groups in total. The molecule has 0 aromatic heterocycles. The molecule has 13 nitrogen and oxygen atoms in total. The summed E-state index contributed by atoms with van der Waals surface area (Å²) in [6.07, 6.45) is 47.2. The Labute approximate surface area is 385 Å². The van der Waals surface area contributed by atoms with Gasteiger partial charge in [-0.2, -0.15) is 0 Å². The number of aliphatic carboxylic acids is 1. The molecule has 0 radical (unpaired) electrons.